The van der Waals surface area contributed by atoms with Gasteiger partial charge in [-0.15, -0.1) is 5.10 Å². The highest BCUT2D eigenvalue weighted by Crippen LogP contribution is 2.22. The lowest BCUT2D eigenvalue weighted by atomic mass is 10.1. The fraction of sp³-hybridized carbons (Fsp3) is 0. The van der Waals surface area contributed by atoms with Gasteiger partial charge in [0.05, 0.1) is 5.69 Å². The number of rotatable bonds is 3. The van der Waals surface area contributed by atoms with Gasteiger partial charge >= 0.3 is 5.97 Å². The molecular weight excluding hydrogens is 256 g/mol. The molecule has 0 aliphatic carbocycles. The number of nitrogens with zero attached hydrogens (tertiary/aromatic N) is 4. The molecule has 0 bridgehead atoms. The smallest absolute Gasteiger partial charge is 0.328 e. The normalized spacial score (nSPS) is 11.2. The molecule has 0 saturated heterocycles. The van der Waals surface area contributed by atoms with Gasteiger partial charge < -0.3 is 5.11 Å². The molecule has 3 aromatic rings. The van der Waals surface area contributed by atoms with Crippen LogP contribution < -0.4 is 0 Å². The largest absolute Gasteiger partial charge is 0.478 e. The van der Waals surface area contributed by atoms with E-state index in [1.165, 1.54) is 10.8 Å². The van der Waals surface area contributed by atoms with Gasteiger partial charge in [-0.25, -0.2) is 4.79 Å². The Morgan fingerprint density at radius 3 is 2.80 bits per heavy atom. The van der Waals surface area contributed by atoms with Gasteiger partial charge in [0.1, 0.15) is 0 Å². The number of aliphatic carboxylic acids is 1. The van der Waals surface area contributed by atoms with Crippen LogP contribution in [0.4, 0.5) is 0 Å². The number of tetrazole rings is 1. The van der Waals surface area contributed by atoms with Crippen LogP contribution in [0.3, 0.4) is 0 Å². The summed E-state index contributed by atoms with van der Waals surface area (Å²) < 4.78 is 1.52. The summed E-state index contributed by atoms with van der Waals surface area (Å²) >= 11 is 0. The predicted molar refractivity (Wildman–Crippen MR) is 73.3 cm³/mol. The van der Waals surface area contributed by atoms with Gasteiger partial charge in [0.2, 0.25) is 0 Å². The van der Waals surface area contributed by atoms with Crippen molar-refractivity contribution in [2.45, 2.75) is 0 Å². The Balaban J connectivity index is 2.17. The van der Waals surface area contributed by atoms with E-state index in [0.29, 0.717) is 5.82 Å². The molecule has 0 aliphatic heterocycles. The summed E-state index contributed by atoms with van der Waals surface area (Å²) in [5.41, 5.74) is 0.804. The van der Waals surface area contributed by atoms with Gasteiger partial charge in [-0.2, -0.15) is 4.68 Å². The maximum absolute atomic E-state index is 10.6. The highest BCUT2D eigenvalue weighted by atomic mass is 16.4. The van der Waals surface area contributed by atoms with Crippen LogP contribution in [-0.2, 0) is 4.79 Å². The van der Waals surface area contributed by atoms with Crippen LogP contribution in [0.15, 0.2) is 48.5 Å². The number of hydrogen-bond acceptors (Lipinski definition) is 4. The molecule has 6 heteroatoms. The van der Waals surface area contributed by atoms with E-state index in [2.05, 4.69) is 15.5 Å². The minimum Gasteiger partial charge on any atom is -0.478 e. The molecule has 3 rings (SSSR count). The van der Waals surface area contributed by atoms with Crippen LogP contribution in [0.2, 0.25) is 0 Å². The van der Waals surface area contributed by atoms with E-state index in [4.69, 9.17) is 5.11 Å². The molecule has 0 saturated carbocycles. The molecule has 0 fully saturated rings. The Bertz CT molecular complexity index is 802. The van der Waals surface area contributed by atoms with Crippen LogP contribution in [0, 0.1) is 0 Å². The van der Waals surface area contributed by atoms with Gasteiger partial charge in [-0.3, -0.25) is 0 Å². The maximum atomic E-state index is 10.6. The van der Waals surface area contributed by atoms with Crippen molar-refractivity contribution in [1.82, 2.24) is 20.2 Å². The number of carboxylic acids is 1. The lowest BCUT2D eigenvalue weighted by Crippen LogP contribution is -2.01. The Morgan fingerprint density at radius 1 is 1.15 bits per heavy atom. The first-order chi connectivity index (χ1) is 9.75. The second kappa shape index (κ2) is 4.93. The van der Waals surface area contributed by atoms with Crippen LogP contribution in [0.5, 0.6) is 0 Å². The van der Waals surface area contributed by atoms with E-state index in [0.717, 1.165) is 22.5 Å². The molecule has 1 aromatic heterocycles. The average Bonchev–Trinajstić information content (AvgIpc) is 2.92. The standard InChI is InChI=1S/C14H10N4O2/c19-14(20)9-8-13-15-16-17-18(13)12-7-3-5-10-4-1-2-6-11(10)12/h1-9H,(H,19,20)/b9-8+. The average molecular weight is 266 g/mol. The van der Waals surface area contributed by atoms with Crippen molar-refractivity contribution < 1.29 is 9.90 Å². The molecule has 0 spiro atoms. The molecule has 1 heterocycles. The molecule has 98 valence electrons. The third-order valence-electron chi connectivity index (χ3n) is 2.86. The number of aromatic nitrogens is 4. The Labute approximate surface area is 114 Å². The van der Waals surface area contributed by atoms with Crippen molar-refractivity contribution in [3.8, 4) is 5.69 Å². The minimum absolute atomic E-state index is 0.365. The Hall–Kier alpha value is -3.02. The monoisotopic (exact) mass is 266 g/mol. The maximum Gasteiger partial charge on any atom is 0.328 e. The number of benzene rings is 2. The molecule has 0 atom stereocenters. The molecular formula is C14H10N4O2. The van der Waals surface area contributed by atoms with Crippen LogP contribution in [0.1, 0.15) is 5.82 Å². The zero-order valence-corrected chi connectivity index (χ0v) is 10.3. The van der Waals surface area contributed by atoms with Gasteiger partial charge in [-0.05, 0) is 28.0 Å². The van der Waals surface area contributed by atoms with Crippen molar-refractivity contribution in [2.24, 2.45) is 0 Å². The SMILES string of the molecule is O=C(O)/C=C/c1nnnn1-c1cccc2ccccc12. The van der Waals surface area contributed by atoms with Crippen molar-refractivity contribution in [1.29, 1.82) is 0 Å². The van der Waals surface area contributed by atoms with Crippen LogP contribution >= 0.6 is 0 Å². The number of carboxylic acid groups (broad SMARTS) is 1. The highest BCUT2D eigenvalue weighted by molar-refractivity contribution is 5.90. The van der Waals surface area contributed by atoms with Crippen LogP contribution in [-0.4, -0.2) is 31.3 Å². The Kier molecular flexibility index (Phi) is 2.96. The molecule has 0 amide bonds. The zero-order chi connectivity index (χ0) is 13.9. The summed E-state index contributed by atoms with van der Waals surface area (Å²) in [7, 11) is 0. The van der Waals surface area contributed by atoms with Crippen LogP contribution in [0.25, 0.3) is 22.5 Å². The minimum atomic E-state index is -1.04. The predicted octanol–water partition coefficient (Wildman–Crippen LogP) is 1.91. The van der Waals surface area contributed by atoms with E-state index in [1.54, 1.807) is 0 Å². The highest BCUT2D eigenvalue weighted by Gasteiger charge is 2.08. The van der Waals surface area contributed by atoms with E-state index in [-0.39, 0.29) is 0 Å². The first kappa shape index (κ1) is 12.0. The first-order valence-electron chi connectivity index (χ1n) is 5.93. The zero-order valence-electron chi connectivity index (χ0n) is 10.3. The summed E-state index contributed by atoms with van der Waals surface area (Å²) in [6.45, 7) is 0. The molecule has 1 N–H and O–H groups in total. The van der Waals surface area contributed by atoms with Crippen molar-refractivity contribution in [3.05, 3.63) is 54.4 Å². The fourth-order valence-electron chi connectivity index (χ4n) is 2.01. The summed E-state index contributed by atoms with van der Waals surface area (Å²) in [4.78, 5) is 10.6. The summed E-state index contributed by atoms with van der Waals surface area (Å²) in [5, 5.41) is 22.1. The third-order valence-corrected chi connectivity index (χ3v) is 2.86. The van der Waals surface area contributed by atoms with Crippen molar-refractivity contribution in [3.63, 3.8) is 0 Å². The third kappa shape index (κ3) is 2.14. The second-order valence-corrected chi connectivity index (χ2v) is 4.12. The molecule has 20 heavy (non-hydrogen) atoms. The lowest BCUT2D eigenvalue weighted by Gasteiger charge is -2.06. The summed E-state index contributed by atoms with van der Waals surface area (Å²) in [6.07, 6.45) is 2.37. The fourth-order valence-corrected chi connectivity index (χ4v) is 2.01. The van der Waals surface area contributed by atoms with E-state index in [9.17, 15) is 4.79 Å². The number of fused-ring (bicyclic) bond motifs is 1. The topological polar surface area (TPSA) is 80.9 Å². The molecule has 0 aliphatic rings. The number of carbonyl (C=O) groups is 1. The lowest BCUT2D eigenvalue weighted by molar-refractivity contribution is -0.131. The van der Waals surface area contributed by atoms with Crippen molar-refractivity contribution in [2.75, 3.05) is 0 Å². The van der Waals surface area contributed by atoms with Crippen molar-refractivity contribution >= 4 is 22.8 Å². The summed E-state index contributed by atoms with van der Waals surface area (Å²) in [5.74, 6) is -0.679. The molecule has 2 aromatic carbocycles. The quantitative estimate of drug-likeness (QED) is 0.732. The van der Waals surface area contributed by atoms with Gasteiger partial charge in [-0.1, -0.05) is 36.4 Å². The summed E-state index contributed by atoms with van der Waals surface area (Å²) in [6, 6.07) is 13.6. The van der Waals surface area contributed by atoms with E-state index >= 15 is 0 Å². The molecule has 6 nitrogen and oxygen atoms in total. The number of hydrogen-bond donors (Lipinski definition) is 1. The van der Waals surface area contributed by atoms with Gasteiger partial charge in [0, 0.05) is 11.5 Å². The molecule has 0 unspecified atom stereocenters. The molecule has 0 radical (unpaired) electrons. The van der Waals surface area contributed by atoms with E-state index in [1.807, 2.05) is 42.5 Å². The first-order valence-corrected chi connectivity index (χ1v) is 5.93. The Morgan fingerprint density at radius 2 is 1.95 bits per heavy atom. The second-order valence-electron chi connectivity index (χ2n) is 4.12. The van der Waals surface area contributed by atoms with Gasteiger partial charge in [0.25, 0.3) is 0 Å². The van der Waals surface area contributed by atoms with E-state index < -0.39 is 5.97 Å². The van der Waals surface area contributed by atoms with Gasteiger partial charge in [0.15, 0.2) is 5.82 Å².